The molecule has 0 aliphatic carbocycles. The van der Waals surface area contributed by atoms with Gasteiger partial charge in [0.05, 0.1) is 12.0 Å². The van der Waals surface area contributed by atoms with Gasteiger partial charge in [-0.2, -0.15) is 4.72 Å². The van der Waals surface area contributed by atoms with Crippen LogP contribution in [0.15, 0.2) is 80.8 Å². The van der Waals surface area contributed by atoms with Gasteiger partial charge < -0.3 is 13.9 Å². The zero-order chi connectivity index (χ0) is 28.3. The summed E-state index contributed by atoms with van der Waals surface area (Å²) in [6, 6.07) is 17.3. The smallest absolute Gasteiger partial charge is 0.336 e. The lowest BCUT2D eigenvalue weighted by Crippen LogP contribution is -2.43. The van der Waals surface area contributed by atoms with E-state index >= 15 is 0 Å². The minimum absolute atomic E-state index is 0.00560. The third-order valence-electron chi connectivity index (χ3n) is 6.34. The van der Waals surface area contributed by atoms with Crippen molar-refractivity contribution in [3.05, 3.63) is 88.3 Å². The predicted octanol–water partition coefficient (Wildman–Crippen LogP) is 5.38. The number of hydrogen-bond donors (Lipinski definition) is 1. The van der Waals surface area contributed by atoms with Gasteiger partial charge >= 0.3 is 11.6 Å². The predicted molar refractivity (Wildman–Crippen MR) is 150 cm³/mol. The lowest BCUT2D eigenvalue weighted by Gasteiger charge is -2.20. The van der Waals surface area contributed by atoms with Gasteiger partial charge in [-0.25, -0.2) is 18.0 Å². The molecule has 0 aliphatic rings. The fraction of sp³-hybridized carbons (Fsp3) is 0.267. The Labute approximate surface area is 227 Å². The van der Waals surface area contributed by atoms with Gasteiger partial charge in [-0.15, -0.1) is 0 Å². The van der Waals surface area contributed by atoms with Crippen LogP contribution in [-0.4, -0.2) is 27.5 Å². The first kappa shape index (κ1) is 28.1. The molecule has 204 valence electrons. The average Bonchev–Trinajstić information content (AvgIpc) is 2.89. The molecule has 4 rings (SSSR count). The Kier molecular flexibility index (Phi) is 8.22. The van der Waals surface area contributed by atoms with Crippen molar-refractivity contribution < 1.29 is 27.1 Å². The molecule has 1 atom stereocenters. The third kappa shape index (κ3) is 6.38. The molecule has 0 aliphatic heterocycles. The number of aryl methyl sites for hydroxylation is 2. The molecule has 1 unspecified atom stereocenters. The highest BCUT2D eigenvalue weighted by Gasteiger charge is 2.29. The Morgan fingerprint density at radius 3 is 2.26 bits per heavy atom. The largest absolute Gasteiger partial charge is 0.497 e. The Morgan fingerprint density at radius 1 is 0.974 bits per heavy atom. The number of ether oxygens (including phenoxy) is 2. The number of nitrogens with one attached hydrogen (secondary N) is 1. The van der Waals surface area contributed by atoms with E-state index in [1.165, 1.54) is 18.2 Å². The quantitative estimate of drug-likeness (QED) is 0.169. The van der Waals surface area contributed by atoms with E-state index in [-0.39, 0.29) is 28.6 Å². The van der Waals surface area contributed by atoms with Gasteiger partial charge in [0.2, 0.25) is 10.0 Å². The minimum atomic E-state index is -3.97. The number of sulfonamides is 1. The number of carbonyl (C=O) groups is 1. The molecule has 0 radical (unpaired) electrons. The van der Waals surface area contributed by atoms with Gasteiger partial charge in [0.1, 0.15) is 23.1 Å². The molecule has 0 amide bonds. The summed E-state index contributed by atoms with van der Waals surface area (Å²) in [4.78, 5) is 25.8. The highest BCUT2D eigenvalue weighted by molar-refractivity contribution is 7.89. The van der Waals surface area contributed by atoms with Crippen molar-refractivity contribution in [3.63, 3.8) is 0 Å². The van der Waals surface area contributed by atoms with Gasteiger partial charge in [0.25, 0.3) is 0 Å². The van der Waals surface area contributed by atoms with Crippen molar-refractivity contribution in [1.82, 2.24) is 4.72 Å². The van der Waals surface area contributed by atoms with E-state index in [1.807, 2.05) is 32.9 Å². The van der Waals surface area contributed by atoms with E-state index in [4.69, 9.17) is 13.9 Å². The second-order valence-corrected chi connectivity index (χ2v) is 11.5. The lowest BCUT2D eigenvalue weighted by atomic mass is 10.00. The van der Waals surface area contributed by atoms with E-state index < -0.39 is 27.7 Å². The van der Waals surface area contributed by atoms with Crippen LogP contribution >= 0.6 is 0 Å². The summed E-state index contributed by atoms with van der Waals surface area (Å²) >= 11 is 0. The second kappa shape index (κ2) is 11.4. The Balaban J connectivity index is 1.66. The van der Waals surface area contributed by atoms with Crippen molar-refractivity contribution in [1.29, 1.82) is 0 Å². The van der Waals surface area contributed by atoms with E-state index in [0.29, 0.717) is 22.3 Å². The van der Waals surface area contributed by atoms with Crippen molar-refractivity contribution in [3.8, 4) is 22.6 Å². The molecule has 0 fully saturated rings. The molecule has 4 aromatic rings. The maximum atomic E-state index is 13.3. The number of fused-ring (bicyclic) bond motifs is 1. The summed E-state index contributed by atoms with van der Waals surface area (Å²) in [6.45, 7) is 7.31. The van der Waals surface area contributed by atoms with Crippen molar-refractivity contribution in [2.45, 2.75) is 45.1 Å². The minimum Gasteiger partial charge on any atom is -0.497 e. The number of rotatable bonds is 9. The Morgan fingerprint density at radius 2 is 1.64 bits per heavy atom. The van der Waals surface area contributed by atoms with Crippen LogP contribution < -0.4 is 19.8 Å². The number of hydrogen-bond acceptors (Lipinski definition) is 7. The first-order chi connectivity index (χ1) is 18.5. The van der Waals surface area contributed by atoms with Gasteiger partial charge in [-0.3, -0.25) is 0 Å². The van der Waals surface area contributed by atoms with Gasteiger partial charge in [0, 0.05) is 17.0 Å². The molecule has 1 heterocycles. The van der Waals surface area contributed by atoms with E-state index in [9.17, 15) is 18.0 Å². The van der Waals surface area contributed by atoms with Crippen LogP contribution in [0.4, 0.5) is 0 Å². The standard InChI is InChI=1S/C30H31NO7S/c1-18(2)16-26(31-39(34,35)23-12-6-19(3)7-13-23)30(33)37-27-15-14-24-25(17-28(32)38-29(24)20(27)4)21-8-10-22(36-5)11-9-21/h6-15,17-18,26,31H,16H2,1-5H3. The van der Waals surface area contributed by atoms with Crippen molar-refractivity contribution >= 4 is 27.0 Å². The molecule has 9 heteroatoms. The highest BCUT2D eigenvalue weighted by Crippen LogP contribution is 2.34. The van der Waals surface area contributed by atoms with Crippen LogP contribution in [0, 0.1) is 19.8 Å². The molecule has 0 spiro atoms. The van der Waals surface area contributed by atoms with Crippen LogP contribution in [0.5, 0.6) is 11.5 Å². The van der Waals surface area contributed by atoms with Crippen molar-refractivity contribution in [2.75, 3.05) is 7.11 Å². The molecular formula is C30H31NO7S. The number of methoxy groups -OCH3 is 1. The molecule has 1 N–H and O–H groups in total. The van der Waals surface area contributed by atoms with Crippen LogP contribution in [-0.2, 0) is 14.8 Å². The normalized spacial score (nSPS) is 12.5. The third-order valence-corrected chi connectivity index (χ3v) is 7.83. The first-order valence-electron chi connectivity index (χ1n) is 12.5. The lowest BCUT2D eigenvalue weighted by molar-refractivity contribution is -0.136. The molecule has 3 aromatic carbocycles. The summed E-state index contributed by atoms with van der Waals surface area (Å²) in [7, 11) is -2.39. The fourth-order valence-electron chi connectivity index (χ4n) is 4.28. The maximum absolute atomic E-state index is 13.3. The number of esters is 1. The first-order valence-corrected chi connectivity index (χ1v) is 14.0. The second-order valence-electron chi connectivity index (χ2n) is 9.81. The van der Waals surface area contributed by atoms with E-state index in [1.54, 1.807) is 50.4 Å². The monoisotopic (exact) mass is 549 g/mol. The van der Waals surface area contributed by atoms with Crippen LogP contribution in [0.2, 0.25) is 0 Å². The topological polar surface area (TPSA) is 112 Å². The average molecular weight is 550 g/mol. The molecule has 0 saturated heterocycles. The van der Waals surface area contributed by atoms with E-state index in [0.717, 1.165) is 11.1 Å². The SMILES string of the molecule is COc1ccc(-c2cc(=O)oc3c(C)c(OC(=O)C(CC(C)C)NS(=O)(=O)c4ccc(C)cc4)ccc23)cc1. The number of carbonyl (C=O) groups excluding carboxylic acids is 1. The fourth-order valence-corrected chi connectivity index (χ4v) is 5.48. The van der Waals surface area contributed by atoms with Gasteiger partial charge in [-0.05, 0) is 73.7 Å². The van der Waals surface area contributed by atoms with Gasteiger partial charge in [0.15, 0.2) is 0 Å². The highest BCUT2D eigenvalue weighted by atomic mass is 32.2. The maximum Gasteiger partial charge on any atom is 0.336 e. The van der Waals surface area contributed by atoms with Crippen molar-refractivity contribution in [2.24, 2.45) is 5.92 Å². The van der Waals surface area contributed by atoms with Crippen LogP contribution in [0.25, 0.3) is 22.1 Å². The number of benzene rings is 3. The van der Waals surface area contributed by atoms with Crippen LogP contribution in [0.3, 0.4) is 0 Å². The molecule has 8 nitrogen and oxygen atoms in total. The zero-order valence-corrected chi connectivity index (χ0v) is 23.3. The zero-order valence-electron chi connectivity index (χ0n) is 22.5. The molecular weight excluding hydrogens is 518 g/mol. The Hall–Kier alpha value is -3.95. The molecule has 39 heavy (non-hydrogen) atoms. The molecule has 0 saturated carbocycles. The summed E-state index contributed by atoms with van der Waals surface area (Å²) < 4.78 is 44.9. The summed E-state index contributed by atoms with van der Waals surface area (Å²) in [5, 5.41) is 0.663. The van der Waals surface area contributed by atoms with Gasteiger partial charge in [-0.1, -0.05) is 43.7 Å². The van der Waals surface area contributed by atoms with E-state index in [2.05, 4.69) is 4.72 Å². The summed E-state index contributed by atoms with van der Waals surface area (Å²) in [5.41, 5.74) is 2.54. The summed E-state index contributed by atoms with van der Waals surface area (Å²) in [5.74, 6) is 0.109. The molecule has 1 aromatic heterocycles. The van der Waals surface area contributed by atoms with Crippen LogP contribution in [0.1, 0.15) is 31.4 Å². The summed E-state index contributed by atoms with van der Waals surface area (Å²) in [6.07, 6.45) is 0.229. The molecule has 0 bridgehead atoms. The Bertz CT molecular complexity index is 1660.